The Labute approximate surface area is 137 Å². The minimum atomic E-state index is -3.86. The van der Waals surface area contributed by atoms with Gasteiger partial charge in [-0.1, -0.05) is 15.9 Å². The number of hydrogen-bond acceptors (Lipinski definition) is 3. The Bertz CT molecular complexity index is 829. The molecule has 2 aromatic rings. The third-order valence-corrected chi connectivity index (χ3v) is 5.29. The molecule has 0 heterocycles. The summed E-state index contributed by atoms with van der Waals surface area (Å²) in [5.74, 6) is -1.16. The summed E-state index contributed by atoms with van der Waals surface area (Å²) in [6.07, 6.45) is 0. The van der Waals surface area contributed by atoms with E-state index in [9.17, 15) is 13.2 Å². The molecular formula is C15H14BrNO4S. The molecule has 0 saturated carbocycles. The molecule has 0 radical (unpaired) electrons. The first-order valence-corrected chi connectivity index (χ1v) is 8.61. The van der Waals surface area contributed by atoms with E-state index in [1.54, 1.807) is 38.1 Å². The lowest BCUT2D eigenvalue weighted by Gasteiger charge is -2.13. The highest BCUT2D eigenvalue weighted by atomic mass is 79.9. The predicted molar refractivity (Wildman–Crippen MR) is 87.8 cm³/mol. The zero-order chi connectivity index (χ0) is 16.5. The SMILES string of the molecule is Cc1cc(C(=O)O)cc(S(=O)(=O)Nc2ccc(Br)cc2)c1C. The second-order valence-corrected chi connectivity index (χ2v) is 7.40. The normalized spacial score (nSPS) is 11.2. The molecular weight excluding hydrogens is 370 g/mol. The summed E-state index contributed by atoms with van der Waals surface area (Å²) >= 11 is 3.27. The average Bonchev–Trinajstić information content (AvgIpc) is 2.43. The van der Waals surface area contributed by atoms with Crippen molar-refractivity contribution in [1.82, 2.24) is 0 Å². The quantitative estimate of drug-likeness (QED) is 0.844. The number of aryl methyl sites for hydroxylation is 1. The van der Waals surface area contributed by atoms with Crippen molar-refractivity contribution in [3.8, 4) is 0 Å². The van der Waals surface area contributed by atoms with Crippen LogP contribution in [-0.2, 0) is 10.0 Å². The first-order chi connectivity index (χ1) is 10.2. The number of carboxylic acid groups (broad SMARTS) is 1. The van der Waals surface area contributed by atoms with Crippen molar-refractivity contribution in [3.05, 3.63) is 57.6 Å². The molecule has 0 aliphatic heterocycles. The summed E-state index contributed by atoms with van der Waals surface area (Å²) < 4.78 is 28.3. The van der Waals surface area contributed by atoms with Crippen LogP contribution in [0.25, 0.3) is 0 Å². The Morgan fingerprint density at radius 1 is 1.14 bits per heavy atom. The molecule has 116 valence electrons. The van der Waals surface area contributed by atoms with Crippen molar-refractivity contribution in [2.45, 2.75) is 18.7 Å². The van der Waals surface area contributed by atoms with E-state index in [0.717, 1.165) is 4.47 Å². The van der Waals surface area contributed by atoms with Gasteiger partial charge < -0.3 is 5.11 Å². The van der Waals surface area contributed by atoms with Crippen LogP contribution in [-0.4, -0.2) is 19.5 Å². The number of anilines is 1. The van der Waals surface area contributed by atoms with Crippen LogP contribution < -0.4 is 4.72 Å². The number of hydrogen-bond donors (Lipinski definition) is 2. The van der Waals surface area contributed by atoms with Gasteiger partial charge in [0.05, 0.1) is 10.5 Å². The van der Waals surface area contributed by atoms with E-state index in [-0.39, 0.29) is 10.5 Å². The highest BCUT2D eigenvalue weighted by Crippen LogP contribution is 2.24. The van der Waals surface area contributed by atoms with E-state index in [2.05, 4.69) is 20.7 Å². The van der Waals surface area contributed by atoms with Gasteiger partial charge >= 0.3 is 5.97 Å². The maximum Gasteiger partial charge on any atom is 0.335 e. The van der Waals surface area contributed by atoms with Crippen LogP contribution in [0.2, 0.25) is 0 Å². The Hall–Kier alpha value is -1.86. The Morgan fingerprint density at radius 2 is 1.73 bits per heavy atom. The number of carboxylic acids is 1. The first kappa shape index (κ1) is 16.5. The summed E-state index contributed by atoms with van der Waals surface area (Å²) in [5, 5.41) is 9.09. The maximum absolute atomic E-state index is 12.5. The highest BCUT2D eigenvalue weighted by Gasteiger charge is 2.20. The number of halogens is 1. The van der Waals surface area contributed by atoms with Crippen LogP contribution in [0.3, 0.4) is 0 Å². The van der Waals surface area contributed by atoms with Crippen LogP contribution in [0, 0.1) is 13.8 Å². The molecule has 2 N–H and O–H groups in total. The molecule has 0 bridgehead atoms. The first-order valence-electron chi connectivity index (χ1n) is 6.33. The average molecular weight is 384 g/mol. The van der Waals surface area contributed by atoms with Crippen LogP contribution in [0.15, 0.2) is 45.8 Å². The van der Waals surface area contributed by atoms with E-state index in [0.29, 0.717) is 16.8 Å². The molecule has 0 spiro atoms. The fourth-order valence-electron chi connectivity index (χ4n) is 1.96. The van der Waals surface area contributed by atoms with Gasteiger partial charge in [-0.3, -0.25) is 4.72 Å². The molecule has 5 nitrogen and oxygen atoms in total. The molecule has 0 atom stereocenters. The highest BCUT2D eigenvalue weighted by molar-refractivity contribution is 9.10. The molecule has 7 heteroatoms. The second kappa shape index (κ2) is 6.10. The van der Waals surface area contributed by atoms with Gasteiger partial charge in [-0.25, -0.2) is 13.2 Å². The number of benzene rings is 2. The van der Waals surface area contributed by atoms with E-state index in [1.165, 1.54) is 12.1 Å². The van der Waals surface area contributed by atoms with Crippen molar-refractivity contribution in [2.24, 2.45) is 0 Å². The Morgan fingerprint density at radius 3 is 2.27 bits per heavy atom. The predicted octanol–water partition coefficient (Wildman–Crippen LogP) is 3.56. The Balaban J connectivity index is 2.49. The third kappa shape index (κ3) is 3.48. The van der Waals surface area contributed by atoms with Crippen LogP contribution >= 0.6 is 15.9 Å². The lowest BCUT2D eigenvalue weighted by atomic mass is 10.1. The zero-order valence-corrected chi connectivity index (χ0v) is 14.3. The van der Waals surface area contributed by atoms with E-state index < -0.39 is 16.0 Å². The van der Waals surface area contributed by atoms with Gasteiger partial charge in [0.15, 0.2) is 0 Å². The molecule has 0 aliphatic rings. The van der Waals surface area contributed by atoms with Gasteiger partial charge in [-0.15, -0.1) is 0 Å². The largest absolute Gasteiger partial charge is 0.478 e. The Kier molecular flexibility index (Phi) is 4.58. The summed E-state index contributed by atoms with van der Waals surface area (Å²) in [4.78, 5) is 11.1. The van der Waals surface area contributed by atoms with E-state index in [1.807, 2.05) is 0 Å². The van der Waals surface area contributed by atoms with Crippen molar-refractivity contribution in [2.75, 3.05) is 4.72 Å². The van der Waals surface area contributed by atoms with Crippen LogP contribution in [0.5, 0.6) is 0 Å². The second-order valence-electron chi connectivity index (χ2n) is 4.83. The molecule has 0 fully saturated rings. The smallest absolute Gasteiger partial charge is 0.335 e. The lowest BCUT2D eigenvalue weighted by Crippen LogP contribution is -2.16. The molecule has 0 saturated heterocycles. The third-order valence-electron chi connectivity index (χ3n) is 3.25. The van der Waals surface area contributed by atoms with Gasteiger partial charge in [0.2, 0.25) is 0 Å². The topological polar surface area (TPSA) is 83.5 Å². The number of nitrogens with one attached hydrogen (secondary N) is 1. The molecule has 0 aromatic heterocycles. The monoisotopic (exact) mass is 383 g/mol. The lowest BCUT2D eigenvalue weighted by molar-refractivity contribution is 0.0696. The number of carbonyl (C=O) groups is 1. The summed E-state index contributed by atoms with van der Waals surface area (Å²) in [6.45, 7) is 3.33. The summed E-state index contributed by atoms with van der Waals surface area (Å²) in [7, 11) is -3.86. The number of rotatable bonds is 4. The fraction of sp³-hybridized carbons (Fsp3) is 0.133. The molecule has 0 unspecified atom stereocenters. The number of sulfonamides is 1. The van der Waals surface area contributed by atoms with Crippen molar-refractivity contribution in [1.29, 1.82) is 0 Å². The maximum atomic E-state index is 12.5. The van der Waals surface area contributed by atoms with Crippen LogP contribution in [0.4, 0.5) is 5.69 Å². The van der Waals surface area contributed by atoms with Crippen molar-refractivity contribution < 1.29 is 18.3 Å². The fourth-order valence-corrected chi connectivity index (χ4v) is 3.62. The van der Waals surface area contributed by atoms with Gasteiger partial charge in [-0.2, -0.15) is 0 Å². The minimum absolute atomic E-state index is 0.0344. The van der Waals surface area contributed by atoms with E-state index >= 15 is 0 Å². The summed E-state index contributed by atoms with van der Waals surface area (Å²) in [6, 6.07) is 9.28. The molecule has 22 heavy (non-hydrogen) atoms. The minimum Gasteiger partial charge on any atom is -0.478 e. The standard InChI is InChI=1S/C15H14BrNO4S/c1-9-7-11(15(18)19)8-14(10(9)2)22(20,21)17-13-5-3-12(16)4-6-13/h3-8,17H,1-2H3,(H,18,19). The molecule has 0 amide bonds. The van der Waals surface area contributed by atoms with Gasteiger partial charge in [0.25, 0.3) is 10.0 Å². The van der Waals surface area contributed by atoms with Gasteiger partial charge in [0.1, 0.15) is 0 Å². The van der Waals surface area contributed by atoms with Gasteiger partial charge in [0, 0.05) is 10.2 Å². The van der Waals surface area contributed by atoms with E-state index in [4.69, 9.17) is 5.11 Å². The molecule has 2 rings (SSSR count). The summed E-state index contributed by atoms with van der Waals surface area (Å²) in [5.41, 5.74) is 1.48. The van der Waals surface area contributed by atoms with Gasteiger partial charge in [-0.05, 0) is 61.4 Å². The molecule has 2 aromatic carbocycles. The molecule has 0 aliphatic carbocycles. The van der Waals surface area contributed by atoms with Crippen LogP contribution in [0.1, 0.15) is 21.5 Å². The zero-order valence-electron chi connectivity index (χ0n) is 11.9. The van der Waals surface area contributed by atoms with Crippen molar-refractivity contribution >= 4 is 37.6 Å². The number of aromatic carboxylic acids is 1. The van der Waals surface area contributed by atoms with Crippen molar-refractivity contribution in [3.63, 3.8) is 0 Å².